The van der Waals surface area contributed by atoms with E-state index in [0.29, 0.717) is 5.92 Å². The molecule has 0 saturated carbocycles. The van der Waals surface area contributed by atoms with Crippen LogP contribution in [-0.2, 0) is 11.2 Å². The fourth-order valence-electron chi connectivity index (χ4n) is 3.86. The summed E-state index contributed by atoms with van der Waals surface area (Å²) in [6.45, 7) is 3.11. The van der Waals surface area contributed by atoms with Gasteiger partial charge in [-0.3, -0.25) is 4.98 Å². The van der Waals surface area contributed by atoms with Crippen LogP contribution in [0, 0.1) is 5.92 Å². The fourth-order valence-corrected chi connectivity index (χ4v) is 3.86. The second-order valence-electron chi connectivity index (χ2n) is 6.55. The number of nitrogens with zero attached hydrogens (tertiary/aromatic N) is 1. The third-order valence-electron chi connectivity index (χ3n) is 4.97. The average molecular weight is 282 g/mol. The molecule has 0 bridgehead atoms. The highest BCUT2D eigenvalue weighted by atomic mass is 16.5. The van der Waals surface area contributed by atoms with E-state index >= 15 is 0 Å². The maximum absolute atomic E-state index is 6.19. The SMILES string of the molecule is c1ccc2ncc(C[C@H]3COC4(CCNCC4)C3)cc2c1. The second kappa shape index (κ2) is 5.39. The van der Waals surface area contributed by atoms with E-state index in [2.05, 4.69) is 34.6 Å². The summed E-state index contributed by atoms with van der Waals surface area (Å²) in [4.78, 5) is 4.58. The van der Waals surface area contributed by atoms with Crippen LogP contribution in [0.15, 0.2) is 36.5 Å². The van der Waals surface area contributed by atoms with Crippen molar-refractivity contribution in [3.63, 3.8) is 0 Å². The predicted octanol–water partition coefficient (Wildman–Crippen LogP) is 2.94. The third-order valence-corrected chi connectivity index (χ3v) is 4.97. The van der Waals surface area contributed by atoms with Gasteiger partial charge in [0.25, 0.3) is 0 Å². The number of aromatic nitrogens is 1. The lowest BCUT2D eigenvalue weighted by molar-refractivity contribution is -0.0196. The van der Waals surface area contributed by atoms with Gasteiger partial charge in [-0.1, -0.05) is 18.2 Å². The molecule has 2 aliphatic heterocycles. The van der Waals surface area contributed by atoms with Gasteiger partial charge < -0.3 is 10.1 Å². The molecule has 2 aliphatic rings. The normalized spacial score (nSPS) is 24.7. The first-order valence-electron chi connectivity index (χ1n) is 8.01. The molecular weight excluding hydrogens is 260 g/mol. The Kier molecular flexibility index (Phi) is 3.40. The van der Waals surface area contributed by atoms with Crippen LogP contribution in [0.5, 0.6) is 0 Å². The minimum Gasteiger partial charge on any atom is -0.375 e. The summed E-state index contributed by atoms with van der Waals surface area (Å²) in [7, 11) is 0. The number of piperidine rings is 1. The van der Waals surface area contributed by atoms with Gasteiger partial charge in [0.05, 0.1) is 17.7 Å². The lowest BCUT2D eigenvalue weighted by Crippen LogP contribution is -2.41. The number of para-hydroxylation sites is 1. The number of pyridine rings is 1. The highest BCUT2D eigenvalue weighted by Crippen LogP contribution is 2.38. The van der Waals surface area contributed by atoms with Crippen LogP contribution in [0.1, 0.15) is 24.8 Å². The van der Waals surface area contributed by atoms with Crippen molar-refractivity contribution in [3.05, 3.63) is 42.1 Å². The Labute approximate surface area is 125 Å². The molecule has 1 spiro atoms. The summed E-state index contributed by atoms with van der Waals surface area (Å²) in [5, 5.41) is 4.67. The summed E-state index contributed by atoms with van der Waals surface area (Å²) < 4.78 is 6.19. The van der Waals surface area contributed by atoms with Gasteiger partial charge in [0.15, 0.2) is 0 Å². The van der Waals surface area contributed by atoms with Crippen molar-refractivity contribution >= 4 is 10.9 Å². The van der Waals surface area contributed by atoms with Crippen LogP contribution in [0.4, 0.5) is 0 Å². The van der Waals surface area contributed by atoms with Crippen molar-refractivity contribution in [2.24, 2.45) is 5.92 Å². The highest BCUT2D eigenvalue weighted by molar-refractivity contribution is 5.78. The molecule has 2 fully saturated rings. The molecule has 0 amide bonds. The molecule has 2 saturated heterocycles. The van der Waals surface area contributed by atoms with Gasteiger partial charge in [-0.05, 0) is 62.4 Å². The van der Waals surface area contributed by atoms with Gasteiger partial charge >= 0.3 is 0 Å². The molecule has 0 radical (unpaired) electrons. The van der Waals surface area contributed by atoms with Crippen LogP contribution in [0.3, 0.4) is 0 Å². The maximum atomic E-state index is 6.19. The van der Waals surface area contributed by atoms with Crippen LogP contribution >= 0.6 is 0 Å². The quantitative estimate of drug-likeness (QED) is 0.919. The summed E-state index contributed by atoms with van der Waals surface area (Å²) in [5.41, 5.74) is 2.59. The van der Waals surface area contributed by atoms with E-state index in [4.69, 9.17) is 4.74 Å². The van der Waals surface area contributed by atoms with E-state index < -0.39 is 0 Å². The fraction of sp³-hybridized carbons (Fsp3) is 0.500. The first-order chi connectivity index (χ1) is 10.3. The van der Waals surface area contributed by atoms with E-state index in [9.17, 15) is 0 Å². The molecule has 3 nitrogen and oxygen atoms in total. The van der Waals surface area contributed by atoms with E-state index in [-0.39, 0.29) is 5.60 Å². The number of ether oxygens (including phenoxy) is 1. The Bertz CT molecular complexity index is 634. The summed E-state index contributed by atoms with van der Waals surface area (Å²) in [6.07, 6.45) is 6.67. The molecule has 1 atom stereocenters. The molecular formula is C18H22N2O. The Balaban J connectivity index is 1.48. The van der Waals surface area contributed by atoms with E-state index in [1.165, 1.54) is 30.2 Å². The van der Waals surface area contributed by atoms with Crippen LogP contribution in [-0.4, -0.2) is 30.3 Å². The molecule has 2 aromatic rings. The predicted molar refractivity (Wildman–Crippen MR) is 84.3 cm³/mol. The minimum atomic E-state index is 0.167. The van der Waals surface area contributed by atoms with Crippen molar-refractivity contribution in [3.8, 4) is 0 Å². The summed E-state index contributed by atoms with van der Waals surface area (Å²) in [5.74, 6) is 0.645. The smallest absolute Gasteiger partial charge is 0.0710 e. The molecule has 1 aromatic carbocycles. The molecule has 3 heterocycles. The number of fused-ring (bicyclic) bond motifs is 1. The van der Waals surface area contributed by atoms with Crippen molar-refractivity contribution in [2.75, 3.05) is 19.7 Å². The standard InChI is InChI=1S/C18H22N2O/c1-2-4-17-16(3-1)10-14(12-20-17)9-15-11-18(21-13-15)5-7-19-8-6-18/h1-4,10,12,15,19H,5-9,11,13H2/t15-/m1/s1. The Morgan fingerprint density at radius 1 is 1.24 bits per heavy atom. The van der Waals surface area contributed by atoms with E-state index in [1.807, 2.05) is 12.3 Å². The van der Waals surface area contributed by atoms with Gasteiger partial charge in [-0.2, -0.15) is 0 Å². The number of rotatable bonds is 2. The zero-order chi connectivity index (χ0) is 14.1. The number of benzene rings is 1. The van der Waals surface area contributed by atoms with Crippen molar-refractivity contribution < 1.29 is 4.74 Å². The van der Waals surface area contributed by atoms with Gasteiger partial charge in [0.2, 0.25) is 0 Å². The average Bonchev–Trinajstić information content (AvgIpc) is 2.90. The molecule has 0 unspecified atom stereocenters. The van der Waals surface area contributed by atoms with Gasteiger partial charge in [0, 0.05) is 11.6 Å². The summed E-state index contributed by atoms with van der Waals surface area (Å²) in [6, 6.07) is 10.6. The molecule has 110 valence electrons. The molecule has 3 heteroatoms. The maximum Gasteiger partial charge on any atom is 0.0710 e. The molecule has 4 rings (SSSR count). The monoisotopic (exact) mass is 282 g/mol. The van der Waals surface area contributed by atoms with E-state index in [0.717, 1.165) is 31.6 Å². The molecule has 0 aliphatic carbocycles. The van der Waals surface area contributed by atoms with Crippen LogP contribution < -0.4 is 5.32 Å². The summed E-state index contributed by atoms with van der Waals surface area (Å²) >= 11 is 0. The van der Waals surface area contributed by atoms with Crippen molar-refractivity contribution in [1.82, 2.24) is 10.3 Å². The van der Waals surface area contributed by atoms with Crippen molar-refractivity contribution in [1.29, 1.82) is 0 Å². The Morgan fingerprint density at radius 2 is 2.10 bits per heavy atom. The minimum absolute atomic E-state index is 0.167. The third kappa shape index (κ3) is 2.68. The van der Waals surface area contributed by atoms with E-state index in [1.54, 1.807) is 0 Å². The molecule has 21 heavy (non-hydrogen) atoms. The number of hydrogen-bond acceptors (Lipinski definition) is 3. The topological polar surface area (TPSA) is 34.1 Å². The van der Waals surface area contributed by atoms with Gasteiger partial charge in [-0.25, -0.2) is 0 Å². The van der Waals surface area contributed by atoms with Crippen LogP contribution in [0.2, 0.25) is 0 Å². The Morgan fingerprint density at radius 3 is 3.00 bits per heavy atom. The van der Waals surface area contributed by atoms with Crippen LogP contribution in [0.25, 0.3) is 10.9 Å². The second-order valence-corrected chi connectivity index (χ2v) is 6.55. The largest absolute Gasteiger partial charge is 0.375 e. The van der Waals surface area contributed by atoms with Crippen molar-refractivity contribution in [2.45, 2.75) is 31.3 Å². The lowest BCUT2D eigenvalue weighted by Gasteiger charge is -2.33. The lowest BCUT2D eigenvalue weighted by atomic mass is 9.84. The number of hydrogen-bond donors (Lipinski definition) is 1. The van der Waals surface area contributed by atoms with Gasteiger partial charge in [-0.15, -0.1) is 0 Å². The molecule has 1 aromatic heterocycles. The highest BCUT2D eigenvalue weighted by Gasteiger charge is 2.40. The Hall–Kier alpha value is -1.45. The molecule has 1 N–H and O–H groups in total. The zero-order valence-electron chi connectivity index (χ0n) is 12.3. The first-order valence-corrected chi connectivity index (χ1v) is 8.01. The first kappa shape index (κ1) is 13.2. The van der Waals surface area contributed by atoms with Gasteiger partial charge in [0.1, 0.15) is 0 Å². The zero-order valence-corrected chi connectivity index (χ0v) is 12.3. The number of nitrogens with one attached hydrogen (secondary N) is 1.